The largest absolute Gasteiger partial charge is 0.351 e. The molecule has 1 heterocycles. The van der Waals surface area contributed by atoms with E-state index in [1.165, 1.54) is 0 Å². The van der Waals surface area contributed by atoms with Crippen LogP contribution in [-0.2, 0) is 17.9 Å². The molecule has 1 aliphatic heterocycles. The molecule has 0 saturated carbocycles. The summed E-state index contributed by atoms with van der Waals surface area (Å²) in [6.45, 7) is 3.17. The Morgan fingerprint density at radius 1 is 1.08 bits per heavy atom. The van der Waals surface area contributed by atoms with Crippen molar-refractivity contribution in [3.05, 3.63) is 71.3 Å². The van der Waals surface area contributed by atoms with E-state index < -0.39 is 0 Å². The Hall–Kier alpha value is -2.29. The lowest BCUT2D eigenvalue weighted by molar-refractivity contribution is -0.125. The predicted molar refractivity (Wildman–Crippen MR) is 101 cm³/mol. The van der Waals surface area contributed by atoms with E-state index in [-0.39, 0.29) is 18.1 Å². The summed E-state index contributed by atoms with van der Waals surface area (Å²) in [6.07, 6.45) is 0.00634. The van der Waals surface area contributed by atoms with Crippen molar-refractivity contribution >= 4 is 5.91 Å². The van der Waals surface area contributed by atoms with Gasteiger partial charge in [0.1, 0.15) is 6.17 Å². The van der Waals surface area contributed by atoms with E-state index in [1.807, 2.05) is 55.3 Å². The number of carbonyl (C=O) groups is 1. The molecule has 26 heavy (non-hydrogen) atoms. The van der Waals surface area contributed by atoms with E-state index in [0.29, 0.717) is 13.1 Å². The molecule has 7 nitrogen and oxygen atoms in total. The Balaban J connectivity index is 1.54. The lowest BCUT2D eigenvalue weighted by atomic mass is 10.1. The monoisotopic (exact) mass is 354 g/mol. The van der Waals surface area contributed by atoms with Gasteiger partial charge in [-0.25, -0.2) is 10.9 Å². The number of nitrogens with one attached hydrogen (secondary N) is 5. The molecule has 2 aromatic rings. The minimum atomic E-state index is -0.214. The Bertz CT molecular complexity index is 717. The van der Waals surface area contributed by atoms with Gasteiger partial charge in [0, 0.05) is 13.1 Å². The topological polar surface area (TPSA) is 80.5 Å². The van der Waals surface area contributed by atoms with Crippen molar-refractivity contribution in [1.29, 1.82) is 0 Å². The zero-order chi connectivity index (χ0) is 18.4. The van der Waals surface area contributed by atoms with Gasteiger partial charge in [0.2, 0.25) is 5.91 Å². The van der Waals surface area contributed by atoms with Gasteiger partial charge < -0.3 is 5.32 Å². The summed E-state index contributed by atoms with van der Waals surface area (Å²) in [5.74, 6) is 0.0278. The summed E-state index contributed by atoms with van der Waals surface area (Å²) in [5, 5.41) is 3.00. The molecule has 5 N–H and O–H groups in total. The SMILES string of the molecule is CC(C(=O)NCc1ccccc1)N(C)Cc1cccc(C2NNNN2)c1. The van der Waals surface area contributed by atoms with Gasteiger partial charge in [0.05, 0.1) is 6.04 Å². The van der Waals surface area contributed by atoms with Gasteiger partial charge in [-0.3, -0.25) is 9.69 Å². The van der Waals surface area contributed by atoms with E-state index in [1.54, 1.807) is 0 Å². The Morgan fingerprint density at radius 2 is 1.77 bits per heavy atom. The molecule has 0 spiro atoms. The second-order valence-corrected chi connectivity index (χ2v) is 6.51. The van der Waals surface area contributed by atoms with Crippen LogP contribution in [0.25, 0.3) is 0 Å². The lowest BCUT2D eigenvalue weighted by Gasteiger charge is -2.24. The first-order valence-corrected chi connectivity index (χ1v) is 8.75. The van der Waals surface area contributed by atoms with Crippen molar-refractivity contribution in [2.24, 2.45) is 0 Å². The van der Waals surface area contributed by atoms with Crippen molar-refractivity contribution in [3.63, 3.8) is 0 Å². The van der Waals surface area contributed by atoms with E-state index in [0.717, 1.165) is 16.7 Å². The summed E-state index contributed by atoms with van der Waals surface area (Å²) in [5.41, 5.74) is 15.2. The molecule has 0 radical (unpaired) electrons. The molecule has 2 aromatic carbocycles. The van der Waals surface area contributed by atoms with E-state index >= 15 is 0 Å². The summed E-state index contributed by atoms with van der Waals surface area (Å²) in [6, 6.07) is 18.0. The zero-order valence-electron chi connectivity index (χ0n) is 15.1. The van der Waals surface area contributed by atoms with Gasteiger partial charge in [-0.05, 0) is 30.7 Å². The molecule has 0 bridgehead atoms. The number of carbonyl (C=O) groups excluding carboxylic acids is 1. The standard InChI is InChI=1S/C19H26N6O/c1-14(19(26)20-12-15-7-4-3-5-8-15)25(2)13-16-9-6-10-17(11-16)18-21-23-24-22-18/h3-11,14,18,21-24H,12-13H2,1-2H3,(H,20,26). The lowest BCUT2D eigenvalue weighted by Crippen LogP contribution is -2.42. The van der Waals surface area contributed by atoms with E-state index in [9.17, 15) is 4.79 Å². The van der Waals surface area contributed by atoms with Crippen molar-refractivity contribution < 1.29 is 4.79 Å². The number of hydrazine groups is 3. The molecule has 0 aromatic heterocycles. The third kappa shape index (κ3) is 4.87. The molecule has 138 valence electrons. The van der Waals surface area contributed by atoms with Crippen molar-refractivity contribution in [2.45, 2.75) is 32.2 Å². The molecule has 1 aliphatic rings. The maximum absolute atomic E-state index is 12.4. The molecule has 1 unspecified atom stereocenters. The fourth-order valence-corrected chi connectivity index (χ4v) is 2.85. The van der Waals surface area contributed by atoms with Crippen LogP contribution in [0.5, 0.6) is 0 Å². The molecular formula is C19H26N6O. The number of benzene rings is 2. The minimum absolute atomic E-state index is 0.00634. The van der Waals surface area contributed by atoms with Crippen LogP contribution in [0.15, 0.2) is 54.6 Å². The molecule has 1 fully saturated rings. The highest BCUT2D eigenvalue weighted by atomic mass is 16.2. The third-order valence-electron chi connectivity index (χ3n) is 4.56. The summed E-state index contributed by atoms with van der Waals surface area (Å²) < 4.78 is 0. The van der Waals surface area contributed by atoms with Crippen LogP contribution >= 0.6 is 0 Å². The first-order chi connectivity index (χ1) is 12.6. The smallest absolute Gasteiger partial charge is 0.237 e. The Morgan fingerprint density at radius 3 is 2.50 bits per heavy atom. The quantitative estimate of drug-likeness (QED) is 0.509. The number of hydrogen-bond donors (Lipinski definition) is 5. The number of hydrogen-bond acceptors (Lipinski definition) is 6. The molecule has 0 aliphatic carbocycles. The summed E-state index contributed by atoms with van der Waals surface area (Å²) >= 11 is 0. The number of likely N-dealkylation sites (N-methyl/N-ethyl adjacent to an activating group) is 1. The summed E-state index contributed by atoms with van der Waals surface area (Å²) in [4.78, 5) is 14.5. The fraction of sp³-hybridized carbons (Fsp3) is 0.316. The predicted octanol–water partition coefficient (Wildman–Crippen LogP) is 0.939. The van der Waals surface area contributed by atoms with Crippen LogP contribution in [0.3, 0.4) is 0 Å². The molecule has 1 atom stereocenters. The van der Waals surface area contributed by atoms with E-state index in [4.69, 9.17) is 0 Å². The highest BCUT2D eigenvalue weighted by molar-refractivity contribution is 5.81. The van der Waals surface area contributed by atoms with Crippen LogP contribution < -0.4 is 27.2 Å². The van der Waals surface area contributed by atoms with Crippen LogP contribution in [-0.4, -0.2) is 23.9 Å². The third-order valence-corrected chi connectivity index (χ3v) is 4.56. The van der Waals surface area contributed by atoms with Gasteiger partial charge in [-0.2, -0.15) is 11.1 Å². The van der Waals surface area contributed by atoms with Crippen LogP contribution in [0.2, 0.25) is 0 Å². The highest BCUT2D eigenvalue weighted by Gasteiger charge is 2.19. The van der Waals surface area contributed by atoms with Gasteiger partial charge in [0.15, 0.2) is 0 Å². The van der Waals surface area contributed by atoms with Crippen LogP contribution in [0.4, 0.5) is 0 Å². The first-order valence-electron chi connectivity index (χ1n) is 8.75. The molecular weight excluding hydrogens is 328 g/mol. The number of amides is 1. The summed E-state index contributed by atoms with van der Waals surface area (Å²) in [7, 11) is 1.97. The van der Waals surface area contributed by atoms with Gasteiger partial charge in [-0.15, -0.1) is 0 Å². The van der Waals surface area contributed by atoms with E-state index in [2.05, 4.69) is 45.4 Å². The van der Waals surface area contributed by atoms with Gasteiger partial charge in [0.25, 0.3) is 0 Å². The Labute approximate surface area is 154 Å². The normalized spacial score (nSPS) is 16.0. The van der Waals surface area contributed by atoms with Crippen molar-refractivity contribution in [1.82, 2.24) is 32.1 Å². The molecule has 1 amide bonds. The van der Waals surface area contributed by atoms with Gasteiger partial charge in [-0.1, -0.05) is 54.6 Å². The maximum atomic E-state index is 12.4. The molecule has 7 heteroatoms. The van der Waals surface area contributed by atoms with Crippen LogP contribution in [0.1, 0.15) is 29.8 Å². The minimum Gasteiger partial charge on any atom is -0.351 e. The highest BCUT2D eigenvalue weighted by Crippen LogP contribution is 2.15. The van der Waals surface area contributed by atoms with Crippen LogP contribution in [0, 0.1) is 0 Å². The number of nitrogens with zero attached hydrogens (tertiary/aromatic N) is 1. The molecule has 3 rings (SSSR count). The van der Waals surface area contributed by atoms with Crippen molar-refractivity contribution in [3.8, 4) is 0 Å². The average Bonchev–Trinajstić information content (AvgIpc) is 3.21. The van der Waals surface area contributed by atoms with Gasteiger partial charge >= 0.3 is 0 Å². The van der Waals surface area contributed by atoms with Crippen molar-refractivity contribution in [2.75, 3.05) is 7.05 Å². The number of rotatable bonds is 7. The Kier molecular flexibility index (Phi) is 6.32. The second kappa shape index (κ2) is 8.88. The fourth-order valence-electron chi connectivity index (χ4n) is 2.85. The molecule has 1 saturated heterocycles. The average molecular weight is 354 g/mol. The maximum Gasteiger partial charge on any atom is 0.237 e. The first kappa shape index (κ1) is 18.5. The second-order valence-electron chi connectivity index (χ2n) is 6.51. The zero-order valence-corrected chi connectivity index (χ0v) is 15.1.